The number of ether oxygens (including phenoxy) is 2. The van der Waals surface area contributed by atoms with Crippen molar-refractivity contribution in [3.8, 4) is 5.75 Å². The maximum atomic E-state index is 14.0. The lowest BCUT2D eigenvalue weighted by atomic mass is 9.89. The van der Waals surface area contributed by atoms with Crippen molar-refractivity contribution in [3.63, 3.8) is 0 Å². The van der Waals surface area contributed by atoms with Gasteiger partial charge in [0.25, 0.3) is 11.8 Å². The highest BCUT2D eigenvalue weighted by Crippen LogP contribution is 2.45. The molecule has 3 atom stereocenters. The number of hydrogen-bond donors (Lipinski definition) is 2. The van der Waals surface area contributed by atoms with E-state index in [0.29, 0.717) is 30.0 Å². The van der Waals surface area contributed by atoms with E-state index in [9.17, 15) is 14.4 Å². The van der Waals surface area contributed by atoms with Crippen LogP contribution in [0.5, 0.6) is 5.75 Å². The van der Waals surface area contributed by atoms with Crippen LogP contribution in [0.25, 0.3) is 10.9 Å². The number of nitrogens with zero attached hydrogens (tertiary/aromatic N) is 2. The van der Waals surface area contributed by atoms with Gasteiger partial charge in [0.1, 0.15) is 17.8 Å². The zero-order valence-electron chi connectivity index (χ0n) is 22.6. The highest BCUT2D eigenvalue weighted by molar-refractivity contribution is 6.22. The van der Waals surface area contributed by atoms with Crippen LogP contribution in [0, 0.1) is 0 Å². The third-order valence-corrected chi connectivity index (χ3v) is 8.38. The van der Waals surface area contributed by atoms with E-state index in [2.05, 4.69) is 10.3 Å². The van der Waals surface area contributed by atoms with Crippen molar-refractivity contribution in [2.45, 2.75) is 37.5 Å². The van der Waals surface area contributed by atoms with Gasteiger partial charge in [0.15, 0.2) is 0 Å². The number of aromatic nitrogens is 1. The number of H-pyrrole nitrogens is 1. The first kappa shape index (κ1) is 25.3. The third kappa shape index (κ3) is 4.24. The first-order valence-corrected chi connectivity index (χ1v) is 13.9. The van der Waals surface area contributed by atoms with Gasteiger partial charge in [0, 0.05) is 41.7 Å². The Morgan fingerprint density at radius 1 is 1.05 bits per heavy atom. The molecule has 7 rings (SSSR count). The molecule has 4 heterocycles. The average molecular weight is 551 g/mol. The number of methoxy groups -OCH3 is 1. The number of urea groups is 1. The van der Waals surface area contributed by atoms with Crippen LogP contribution < -0.4 is 15.0 Å². The Bertz CT molecular complexity index is 1640. The normalized spacial score (nSPS) is 21.7. The number of nitrogens with one attached hydrogen (secondary N) is 2. The van der Waals surface area contributed by atoms with E-state index in [0.717, 1.165) is 47.2 Å². The van der Waals surface area contributed by atoms with Crippen LogP contribution in [0.3, 0.4) is 0 Å². The van der Waals surface area contributed by atoms with E-state index in [1.54, 1.807) is 36.3 Å². The molecule has 0 radical (unpaired) electrons. The Hall–Kier alpha value is -4.63. The summed E-state index contributed by atoms with van der Waals surface area (Å²) in [7, 11) is 1.61. The van der Waals surface area contributed by atoms with E-state index >= 15 is 0 Å². The summed E-state index contributed by atoms with van der Waals surface area (Å²) in [4.78, 5) is 47.1. The Kier molecular flexibility index (Phi) is 6.23. The lowest BCUT2D eigenvalue weighted by Crippen LogP contribution is -2.44. The molecule has 9 heteroatoms. The quantitative estimate of drug-likeness (QED) is 0.343. The molecule has 4 amide bonds. The number of anilines is 1. The summed E-state index contributed by atoms with van der Waals surface area (Å²) < 4.78 is 10.9. The summed E-state index contributed by atoms with van der Waals surface area (Å²) in [6.07, 6.45) is 2.40. The van der Waals surface area contributed by atoms with Crippen molar-refractivity contribution in [1.29, 1.82) is 0 Å². The number of benzene rings is 3. The van der Waals surface area contributed by atoms with Crippen molar-refractivity contribution in [1.82, 2.24) is 15.2 Å². The summed E-state index contributed by atoms with van der Waals surface area (Å²) >= 11 is 0. The maximum Gasteiger partial charge on any atom is 0.332 e. The molecule has 0 spiro atoms. The fourth-order valence-corrected chi connectivity index (χ4v) is 6.32. The average Bonchev–Trinajstić information content (AvgIpc) is 3.72. The second kappa shape index (κ2) is 10.1. The van der Waals surface area contributed by atoms with Crippen LogP contribution in [-0.4, -0.2) is 60.1 Å². The Morgan fingerprint density at radius 2 is 1.83 bits per heavy atom. The standard InChI is InChI=1S/C32H30N4O5/c1-40-22-14-10-19(11-15-22)29-28-25(24-6-2-3-7-26(24)34-28)17-27-31(38)35(32(39)36(27)29)21-12-8-20(9-13-21)30(37)33-18-23-5-4-16-41-23/h2-3,6-15,23,27,29,34H,4-5,16-18H2,1H3,(H,33,37)/t23-,27-,29-/m0/s1. The van der Waals surface area contributed by atoms with Gasteiger partial charge in [-0.3, -0.25) is 14.5 Å². The van der Waals surface area contributed by atoms with Crippen LogP contribution in [0.15, 0.2) is 72.8 Å². The highest BCUT2D eigenvalue weighted by Gasteiger charge is 2.53. The maximum absolute atomic E-state index is 14.0. The predicted octanol–water partition coefficient (Wildman–Crippen LogP) is 4.57. The Morgan fingerprint density at radius 3 is 2.56 bits per heavy atom. The predicted molar refractivity (Wildman–Crippen MR) is 153 cm³/mol. The molecule has 0 unspecified atom stereocenters. The summed E-state index contributed by atoms with van der Waals surface area (Å²) in [6.45, 7) is 1.19. The molecule has 3 aliphatic heterocycles. The molecule has 2 fully saturated rings. The minimum atomic E-state index is -0.657. The molecule has 4 aromatic rings. The monoisotopic (exact) mass is 550 g/mol. The molecule has 0 aliphatic carbocycles. The van der Waals surface area contributed by atoms with Crippen LogP contribution in [0.4, 0.5) is 10.5 Å². The van der Waals surface area contributed by atoms with Gasteiger partial charge >= 0.3 is 6.03 Å². The van der Waals surface area contributed by atoms with Crippen molar-refractivity contribution >= 4 is 34.4 Å². The van der Waals surface area contributed by atoms with Gasteiger partial charge in [-0.2, -0.15) is 0 Å². The molecule has 2 saturated heterocycles. The number of hydrogen-bond acceptors (Lipinski definition) is 5. The first-order chi connectivity index (χ1) is 20.0. The van der Waals surface area contributed by atoms with Crippen molar-refractivity contribution in [2.75, 3.05) is 25.2 Å². The second-order valence-corrected chi connectivity index (χ2v) is 10.7. The van der Waals surface area contributed by atoms with Crippen LogP contribution in [-0.2, 0) is 16.0 Å². The molecular weight excluding hydrogens is 520 g/mol. The number of carbonyl (C=O) groups excluding carboxylic acids is 3. The highest BCUT2D eigenvalue weighted by atomic mass is 16.5. The minimum Gasteiger partial charge on any atom is -0.497 e. The van der Waals surface area contributed by atoms with Crippen LogP contribution >= 0.6 is 0 Å². The summed E-state index contributed by atoms with van der Waals surface area (Å²) in [6, 6.07) is 20.7. The van der Waals surface area contributed by atoms with Crippen molar-refractivity contribution < 1.29 is 23.9 Å². The zero-order chi connectivity index (χ0) is 28.1. The zero-order valence-corrected chi connectivity index (χ0v) is 22.6. The van der Waals surface area contributed by atoms with E-state index in [1.807, 2.05) is 48.5 Å². The van der Waals surface area contributed by atoms with Crippen molar-refractivity contribution in [2.24, 2.45) is 0 Å². The van der Waals surface area contributed by atoms with Crippen LogP contribution in [0.1, 0.15) is 46.1 Å². The number of fused-ring (bicyclic) bond motifs is 4. The largest absolute Gasteiger partial charge is 0.497 e. The number of amides is 4. The molecule has 3 aromatic carbocycles. The molecule has 9 nitrogen and oxygen atoms in total. The van der Waals surface area contributed by atoms with Gasteiger partial charge in [0.05, 0.1) is 18.9 Å². The molecule has 1 aromatic heterocycles. The van der Waals surface area contributed by atoms with Gasteiger partial charge in [-0.25, -0.2) is 9.69 Å². The lowest BCUT2D eigenvalue weighted by Gasteiger charge is -2.36. The molecule has 3 aliphatic rings. The molecule has 208 valence electrons. The van der Waals surface area contributed by atoms with Gasteiger partial charge in [0.2, 0.25) is 0 Å². The fourth-order valence-electron chi connectivity index (χ4n) is 6.32. The molecular formula is C32H30N4O5. The van der Waals surface area contributed by atoms with Gasteiger partial charge < -0.3 is 19.8 Å². The molecule has 41 heavy (non-hydrogen) atoms. The number of para-hydroxylation sites is 1. The van der Waals surface area contributed by atoms with Crippen LogP contribution in [0.2, 0.25) is 0 Å². The summed E-state index contributed by atoms with van der Waals surface area (Å²) in [5, 5.41) is 3.96. The Labute approximate surface area is 237 Å². The third-order valence-electron chi connectivity index (χ3n) is 8.38. The Balaban J connectivity index is 1.21. The summed E-state index contributed by atoms with van der Waals surface area (Å²) in [5.41, 5.74) is 4.71. The van der Waals surface area contributed by atoms with E-state index in [-0.39, 0.29) is 23.9 Å². The molecule has 0 saturated carbocycles. The number of imide groups is 1. The van der Waals surface area contributed by atoms with Crippen molar-refractivity contribution in [3.05, 3.63) is 95.2 Å². The number of rotatable bonds is 6. The van der Waals surface area contributed by atoms with E-state index < -0.39 is 12.1 Å². The van der Waals surface area contributed by atoms with Gasteiger partial charge in [-0.05, 0) is 66.4 Å². The molecule has 0 bridgehead atoms. The lowest BCUT2D eigenvalue weighted by molar-refractivity contribution is -0.120. The minimum absolute atomic E-state index is 0.0470. The number of aromatic amines is 1. The van der Waals surface area contributed by atoms with Gasteiger partial charge in [-0.1, -0.05) is 30.3 Å². The van der Waals surface area contributed by atoms with Gasteiger partial charge in [-0.15, -0.1) is 0 Å². The summed E-state index contributed by atoms with van der Waals surface area (Å²) in [5.74, 6) is 0.219. The second-order valence-electron chi connectivity index (χ2n) is 10.7. The smallest absolute Gasteiger partial charge is 0.332 e. The molecule has 2 N–H and O–H groups in total. The fraction of sp³-hybridized carbons (Fsp3) is 0.281. The first-order valence-electron chi connectivity index (χ1n) is 13.9. The van der Waals surface area contributed by atoms with E-state index in [1.165, 1.54) is 4.90 Å². The topological polar surface area (TPSA) is 104 Å². The van der Waals surface area contributed by atoms with E-state index in [4.69, 9.17) is 9.47 Å². The SMILES string of the molecule is COc1ccc([C@H]2c3[nH]c4ccccc4c3C[C@H]3C(=O)N(c4ccc(C(=O)NC[C@@H]5CCCO5)cc4)C(=O)N23)cc1. The number of carbonyl (C=O) groups is 3.